The summed E-state index contributed by atoms with van der Waals surface area (Å²) in [5.74, 6) is 0.0467. The van der Waals surface area contributed by atoms with Crippen LogP contribution in [-0.4, -0.2) is 45.3 Å². The summed E-state index contributed by atoms with van der Waals surface area (Å²) in [6.45, 7) is 1.72. The molecular weight excluding hydrogens is 377 g/mol. The molecule has 3 rings (SSSR count). The third kappa shape index (κ3) is 3.36. The number of fused-ring (bicyclic) bond motifs is 1. The highest BCUT2D eigenvalue weighted by Gasteiger charge is 2.16. The van der Waals surface area contributed by atoms with Crippen molar-refractivity contribution >= 4 is 40.6 Å². The zero-order valence-electron chi connectivity index (χ0n) is 14.2. The Hall–Kier alpha value is -2.64. The molecule has 134 valence electrons. The van der Waals surface area contributed by atoms with E-state index in [4.69, 9.17) is 23.2 Å². The number of hydrogen-bond acceptors (Lipinski definition) is 3. The van der Waals surface area contributed by atoms with Gasteiger partial charge >= 0.3 is 0 Å². The molecule has 2 aromatic heterocycles. The summed E-state index contributed by atoms with van der Waals surface area (Å²) in [6.07, 6.45) is 1.32. The van der Waals surface area contributed by atoms with Crippen LogP contribution in [0, 0.1) is 0 Å². The number of halogens is 2. The number of aliphatic imine (C=N–C) groups is 1. The van der Waals surface area contributed by atoms with E-state index >= 15 is 0 Å². The van der Waals surface area contributed by atoms with Gasteiger partial charge in [0.25, 0.3) is 11.5 Å². The average Bonchev–Trinajstić information content (AvgIpc) is 3.01. The van der Waals surface area contributed by atoms with Crippen LogP contribution in [0.3, 0.4) is 0 Å². The monoisotopic (exact) mass is 391 g/mol. The van der Waals surface area contributed by atoms with E-state index in [0.717, 1.165) is 4.52 Å². The zero-order valence-corrected chi connectivity index (χ0v) is 15.8. The molecule has 0 bridgehead atoms. The summed E-state index contributed by atoms with van der Waals surface area (Å²) >= 11 is 12.0. The van der Waals surface area contributed by atoms with Crippen LogP contribution in [0.1, 0.15) is 17.3 Å². The van der Waals surface area contributed by atoms with Gasteiger partial charge in [-0.25, -0.2) is 0 Å². The van der Waals surface area contributed by atoms with Crippen LogP contribution in [0.25, 0.3) is 16.9 Å². The molecule has 0 aliphatic rings. The van der Waals surface area contributed by atoms with E-state index in [9.17, 15) is 9.59 Å². The first-order chi connectivity index (χ1) is 12.3. The highest BCUT2D eigenvalue weighted by Crippen LogP contribution is 2.27. The Kier molecular flexibility index (Phi) is 4.84. The highest BCUT2D eigenvalue weighted by molar-refractivity contribution is 6.42. The molecule has 0 spiro atoms. The quantitative estimate of drug-likeness (QED) is 0.537. The summed E-state index contributed by atoms with van der Waals surface area (Å²) in [7, 11) is 3.57. The van der Waals surface area contributed by atoms with Crippen molar-refractivity contribution in [2.24, 2.45) is 4.99 Å². The lowest BCUT2D eigenvalue weighted by Crippen LogP contribution is -2.20. The molecule has 0 saturated carbocycles. The summed E-state index contributed by atoms with van der Waals surface area (Å²) in [5, 5.41) is 4.75. The van der Waals surface area contributed by atoms with Crippen molar-refractivity contribution in [3.63, 3.8) is 0 Å². The Morgan fingerprint density at radius 2 is 1.96 bits per heavy atom. The Morgan fingerprint density at radius 3 is 2.62 bits per heavy atom. The van der Waals surface area contributed by atoms with E-state index in [-0.39, 0.29) is 16.8 Å². The van der Waals surface area contributed by atoms with Gasteiger partial charge in [0.05, 0.1) is 21.9 Å². The van der Waals surface area contributed by atoms with Gasteiger partial charge in [0, 0.05) is 20.2 Å². The molecule has 9 heteroatoms. The summed E-state index contributed by atoms with van der Waals surface area (Å²) in [4.78, 5) is 33.6. The average molecular weight is 392 g/mol. The molecule has 2 heterocycles. The van der Waals surface area contributed by atoms with Crippen molar-refractivity contribution in [3.8, 4) is 11.3 Å². The zero-order chi connectivity index (χ0) is 19.0. The SMILES string of the molecule is C/C(=N/C(=O)c1cnn2c(=O)cc(-c3ccc(Cl)c(Cl)c3)[nH]c12)N(C)C. The van der Waals surface area contributed by atoms with Gasteiger partial charge in [-0.1, -0.05) is 29.3 Å². The van der Waals surface area contributed by atoms with Crippen LogP contribution in [-0.2, 0) is 0 Å². The van der Waals surface area contributed by atoms with Crippen molar-refractivity contribution in [3.05, 3.63) is 56.4 Å². The number of carbonyl (C=O) groups excluding carboxylic acids is 1. The fourth-order valence-electron chi connectivity index (χ4n) is 2.27. The highest BCUT2D eigenvalue weighted by atomic mass is 35.5. The molecule has 0 aliphatic heterocycles. The molecule has 0 fully saturated rings. The number of benzene rings is 1. The molecule has 3 aromatic rings. The summed E-state index contributed by atoms with van der Waals surface area (Å²) < 4.78 is 1.12. The van der Waals surface area contributed by atoms with Gasteiger partial charge < -0.3 is 9.88 Å². The van der Waals surface area contributed by atoms with Gasteiger partial charge in [-0.3, -0.25) is 9.59 Å². The lowest BCUT2D eigenvalue weighted by molar-refractivity contribution is 0.100. The molecule has 1 N–H and O–H groups in total. The molecule has 7 nitrogen and oxygen atoms in total. The maximum Gasteiger partial charge on any atom is 0.284 e. The number of carbonyl (C=O) groups is 1. The first kappa shape index (κ1) is 18.2. The minimum absolute atomic E-state index is 0.199. The first-order valence-electron chi connectivity index (χ1n) is 7.61. The second-order valence-corrected chi connectivity index (χ2v) is 6.64. The van der Waals surface area contributed by atoms with Gasteiger partial charge in [-0.2, -0.15) is 14.6 Å². The molecule has 0 saturated heterocycles. The maximum absolute atomic E-state index is 12.5. The van der Waals surface area contributed by atoms with Crippen LogP contribution in [0.2, 0.25) is 10.0 Å². The van der Waals surface area contributed by atoms with Crippen LogP contribution in [0.4, 0.5) is 0 Å². The van der Waals surface area contributed by atoms with Gasteiger partial charge in [0.1, 0.15) is 11.4 Å². The number of nitrogens with one attached hydrogen (secondary N) is 1. The summed E-state index contributed by atoms with van der Waals surface area (Å²) in [5.41, 5.74) is 1.23. The van der Waals surface area contributed by atoms with Gasteiger partial charge in [0.2, 0.25) is 0 Å². The molecule has 26 heavy (non-hydrogen) atoms. The molecule has 1 amide bonds. The number of aromatic amines is 1. The van der Waals surface area contributed by atoms with Gasteiger partial charge in [0.15, 0.2) is 5.65 Å². The Balaban J connectivity index is 2.15. The van der Waals surface area contributed by atoms with Gasteiger partial charge in [-0.15, -0.1) is 0 Å². The van der Waals surface area contributed by atoms with E-state index < -0.39 is 5.91 Å². The third-order valence-electron chi connectivity index (χ3n) is 3.87. The van der Waals surface area contributed by atoms with E-state index in [1.807, 2.05) is 0 Å². The molecule has 0 unspecified atom stereocenters. The second-order valence-electron chi connectivity index (χ2n) is 5.83. The van der Waals surface area contributed by atoms with E-state index in [2.05, 4.69) is 15.1 Å². The van der Waals surface area contributed by atoms with Gasteiger partial charge in [-0.05, 0) is 24.6 Å². The normalized spacial score (nSPS) is 11.8. The number of aromatic nitrogens is 3. The smallest absolute Gasteiger partial charge is 0.284 e. The topological polar surface area (TPSA) is 82.8 Å². The van der Waals surface area contributed by atoms with Crippen molar-refractivity contribution in [1.29, 1.82) is 0 Å². The van der Waals surface area contributed by atoms with Crippen molar-refractivity contribution < 1.29 is 4.79 Å². The van der Waals surface area contributed by atoms with Crippen molar-refractivity contribution in [2.75, 3.05) is 14.1 Å². The number of rotatable bonds is 2. The van der Waals surface area contributed by atoms with Crippen LogP contribution in [0.5, 0.6) is 0 Å². The Bertz CT molecular complexity index is 1100. The number of hydrogen-bond donors (Lipinski definition) is 1. The Morgan fingerprint density at radius 1 is 1.23 bits per heavy atom. The number of H-pyrrole nitrogens is 1. The first-order valence-corrected chi connectivity index (χ1v) is 8.37. The van der Waals surface area contributed by atoms with E-state index in [0.29, 0.717) is 27.1 Å². The van der Waals surface area contributed by atoms with Crippen molar-refractivity contribution in [1.82, 2.24) is 19.5 Å². The number of amides is 1. The number of amidine groups is 1. The lowest BCUT2D eigenvalue weighted by Gasteiger charge is -2.10. The fourth-order valence-corrected chi connectivity index (χ4v) is 2.57. The maximum atomic E-state index is 12.5. The summed E-state index contributed by atoms with van der Waals surface area (Å²) in [6, 6.07) is 6.37. The minimum atomic E-state index is -0.492. The predicted molar refractivity (Wildman–Crippen MR) is 102 cm³/mol. The van der Waals surface area contributed by atoms with E-state index in [1.165, 1.54) is 12.3 Å². The Labute approximate surface area is 158 Å². The largest absolute Gasteiger partial charge is 0.366 e. The lowest BCUT2D eigenvalue weighted by atomic mass is 10.1. The standard InChI is InChI=1S/C17H15Cl2N5O2/c1-9(23(2)3)21-17(26)11-8-20-24-15(25)7-14(22-16(11)24)10-4-5-12(18)13(19)6-10/h4-8,22H,1-3H3/b21-9-. The van der Waals surface area contributed by atoms with Crippen molar-refractivity contribution in [2.45, 2.75) is 6.92 Å². The molecule has 1 aromatic carbocycles. The molecule has 0 aliphatic carbocycles. The fraction of sp³-hybridized carbons (Fsp3) is 0.176. The van der Waals surface area contributed by atoms with Crippen LogP contribution < -0.4 is 5.56 Å². The molecular formula is C17H15Cl2N5O2. The molecule has 0 radical (unpaired) electrons. The van der Waals surface area contributed by atoms with Crippen LogP contribution >= 0.6 is 23.2 Å². The minimum Gasteiger partial charge on any atom is -0.366 e. The second kappa shape index (κ2) is 6.93. The predicted octanol–water partition coefficient (Wildman–Crippen LogP) is 3.12. The van der Waals surface area contributed by atoms with Crippen LogP contribution in [0.15, 0.2) is 40.2 Å². The van der Waals surface area contributed by atoms with E-state index in [1.54, 1.807) is 44.1 Å². The third-order valence-corrected chi connectivity index (χ3v) is 4.61. The molecule has 0 atom stereocenters. The number of nitrogens with zero attached hydrogens (tertiary/aromatic N) is 4.